The number of fused-ring (bicyclic) bond motifs is 1. The highest BCUT2D eigenvalue weighted by atomic mass is 35.5. The minimum Gasteiger partial charge on any atom is -0.362 e. The largest absolute Gasteiger partial charge is 0.362 e. The molecule has 5 nitrogen and oxygen atoms in total. The van der Waals surface area contributed by atoms with Crippen LogP contribution in [0, 0.1) is 11.6 Å². The lowest BCUT2D eigenvalue weighted by Crippen LogP contribution is -2.38. The fraction of sp³-hybridized carbons (Fsp3) is 0.417. The van der Waals surface area contributed by atoms with E-state index in [1.54, 1.807) is 6.07 Å². The van der Waals surface area contributed by atoms with E-state index in [9.17, 15) is 8.78 Å². The number of halogens is 4. The van der Waals surface area contributed by atoms with E-state index in [0.717, 1.165) is 54.5 Å². The van der Waals surface area contributed by atoms with Crippen molar-refractivity contribution in [2.24, 2.45) is 0 Å². The molecule has 0 radical (unpaired) electrons. The number of para-hydroxylation sites is 1. The van der Waals surface area contributed by atoms with Crippen molar-refractivity contribution in [3.8, 4) is 0 Å². The molecule has 1 aromatic heterocycles. The van der Waals surface area contributed by atoms with Crippen LogP contribution in [-0.2, 0) is 6.42 Å². The first kappa shape index (κ1) is 27.0. The summed E-state index contributed by atoms with van der Waals surface area (Å²) in [6, 6.07) is 13.0. The monoisotopic (exact) mass is 497 g/mol. The molecule has 0 atom stereocenters. The summed E-state index contributed by atoms with van der Waals surface area (Å²) >= 11 is 0. The van der Waals surface area contributed by atoms with Gasteiger partial charge >= 0.3 is 0 Å². The van der Waals surface area contributed by atoms with Gasteiger partial charge in [-0.25, -0.2) is 13.8 Å². The maximum atomic E-state index is 13.3. The second-order valence-electron chi connectivity index (χ2n) is 8.43. The van der Waals surface area contributed by atoms with Crippen LogP contribution in [0.15, 0.2) is 42.5 Å². The van der Waals surface area contributed by atoms with Crippen LogP contribution >= 0.6 is 24.8 Å². The summed E-state index contributed by atoms with van der Waals surface area (Å²) in [5.74, 6) is 0.0193. The second kappa shape index (κ2) is 12.3. The van der Waals surface area contributed by atoms with Crippen LogP contribution in [-0.4, -0.2) is 42.7 Å². The molecule has 0 unspecified atom stereocenters. The molecule has 9 heteroatoms. The lowest BCUT2D eigenvalue weighted by molar-refractivity contribution is 0.355. The second-order valence-corrected chi connectivity index (χ2v) is 8.43. The summed E-state index contributed by atoms with van der Waals surface area (Å²) < 4.78 is 26.4. The first-order valence-corrected chi connectivity index (χ1v) is 10.9. The van der Waals surface area contributed by atoms with Gasteiger partial charge in [0.25, 0.3) is 0 Å². The molecule has 0 spiro atoms. The van der Waals surface area contributed by atoms with Gasteiger partial charge in [-0.05, 0) is 68.5 Å². The van der Waals surface area contributed by atoms with Crippen molar-refractivity contribution >= 4 is 47.5 Å². The number of aromatic nitrogens is 2. The Balaban J connectivity index is 0.00000193. The van der Waals surface area contributed by atoms with E-state index in [1.165, 1.54) is 12.1 Å². The molecule has 1 aliphatic rings. The summed E-state index contributed by atoms with van der Waals surface area (Å²) in [7, 11) is 3.99. The molecular formula is C24H31Cl2F2N5. The van der Waals surface area contributed by atoms with E-state index in [0.29, 0.717) is 24.5 Å². The Morgan fingerprint density at radius 3 is 2.30 bits per heavy atom. The number of nitrogens with zero attached hydrogens (tertiary/aromatic N) is 3. The third-order valence-corrected chi connectivity index (χ3v) is 5.90. The number of benzene rings is 2. The molecule has 2 aromatic carbocycles. The zero-order valence-corrected chi connectivity index (χ0v) is 20.5. The van der Waals surface area contributed by atoms with E-state index in [4.69, 9.17) is 9.97 Å². The highest BCUT2D eigenvalue weighted by Gasteiger charge is 2.22. The molecule has 1 heterocycles. The predicted octanol–water partition coefficient (Wildman–Crippen LogP) is 5.37. The highest BCUT2D eigenvalue weighted by molar-refractivity contribution is 5.90. The van der Waals surface area contributed by atoms with Crippen LogP contribution in [0.2, 0.25) is 0 Å². The molecule has 4 rings (SSSR count). The van der Waals surface area contributed by atoms with Gasteiger partial charge in [0.1, 0.15) is 5.82 Å². The molecule has 2 N–H and O–H groups in total. The zero-order chi connectivity index (χ0) is 21.8. The van der Waals surface area contributed by atoms with E-state index in [1.807, 2.05) is 43.3 Å². The van der Waals surface area contributed by atoms with Crippen LogP contribution in [0.5, 0.6) is 0 Å². The van der Waals surface area contributed by atoms with Crippen molar-refractivity contribution in [2.45, 2.75) is 44.2 Å². The van der Waals surface area contributed by atoms with Crippen LogP contribution in [0.25, 0.3) is 10.9 Å². The minimum atomic E-state index is -0.796. The molecule has 0 saturated heterocycles. The summed E-state index contributed by atoms with van der Waals surface area (Å²) in [4.78, 5) is 11.5. The molecule has 33 heavy (non-hydrogen) atoms. The average Bonchev–Trinajstić information content (AvgIpc) is 2.77. The van der Waals surface area contributed by atoms with Crippen molar-refractivity contribution < 1.29 is 8.78 Å². The quantitative estimate of drug-likeness (QED) is 0.459. The number of nitrogens with one attached hydrogen (secondary N) is 2. The van der Waals surface area contributed by atoms with Gasteiger partial charge in [-0.1, -0.05) is 18.2 Å². The van der Waals surface area contributed by atoms with E-state index in [2.05, 4.69) is 10.6 Å². The van der Waals surface area contributed by atoms with E-state index < -0.39 is 11.6 Å². The van der Waals surface area contributed by atoms with Crippen molar-refractivity contribution in [3.05, 3.63) is 59.7 Å². The molecule has 0 amide bonds. The summed E-state index contributed by atoms with van der Waals surface area (Å²) in [6.07, 6.45) is 4.88. The number of rotatable bonds is 7. The smallest absolute Gasteiger partial charge is 0.225 e. The lowest BCUT2D eigenvalue weighted by Gasteiger charge is -2.30. The van der Waals surface area contributed by atoms with Gasteiger partial charge in [0.05, 0.1) is 5.52 Å². The van der Waals surface area contributed by atoms with Gasteiger partial charge in [0.15, 0.2) is 11.6 Å². The zero-order valence-electron chi connectivity index (χ0n) is 18.9. The van der Waals surface area contributed by atoms with Crippen LogP contribution in [0.4, 0.5) is 20.5 Å². The van der Waals surface area contributed by atoms with Crippen molar-refractivity contribution in [1.82, 2.24) is 15.3 Å². The van der Waals surface area contributed by atoms with Gasteiger partial charge < -0.3 is 15.5 Å². The van der Waals surface area contributed by atoms with Crippen molar-refractivity contribution in [3.63, 3.8) is 0 Å². The summed E-state index contributed by atoms with van der Waals surface area (Å²) in [5.41, 5.74) is 1.75. The Kier molecular flexibility index (Phi) is 10.1. The molecule has 3 aromatic rings. The van der Waals surface area contributed by atoms with Crippen molar-refractivity contribution in [2.75, 3.05) is 30.9 Å². The fourth-order valence-electron chi connectivity index (χ4n) is 4.21. The van der Waals surface area contributed by atoms with Gasteiger partial charge in [-0.15, -0.1) is 24.8 Å². The van der Waals surface area contributed by atoms with Crippen LogP contribution in [0.1, 0.15) is 31.2 Å². The van der Waals surface area contributed by atoms with Crippen molar-refractivity contribution in [1.29, 1.82) is 0 Å². The average molecular weight is 498 g/mol. The summed E-state index contributed by atoms with van der Waals surface area (Å²) in [5, 5.41) is 8.13. The SMILES string of the molecule is CN(C)c1nc(N[C@H]2CC[C@@H](NCCc3ccc(F)c(F)c3)CC2)nc2ccccc12.Cl.Cl. The molecule has 1 saturated carbocycles. The lowest BCUT2D eigenvalue weighted by atomic mass is 9.91. The first-order valence-electron chi connectivity index (χ1n) is 10.9. The molecule has 0 bridgehead atoms. The Morgan fingerprint density at radius 2 is 1.61 bits per heavy atom. The topological polar surface area (TPSA) is 53.1 Å². The Bertz CT molecular complexity index is 1040. The molecule has 180 valence electrons. The van der Waals surface area contributed by atoms with Gasteiger partial charge in [0.2, 0.25) is 5.95 Å². The predicted molar refractivity (Wildman–Crippen MR) is 136 cm³/mol. The number of hydrogen-bond donors (Lipinski definition) is 2. The first-order chi connectivity index (χ1) is 15.0. The fourth-order valence-corrected chi connectivity index (χ4v) is 4.21. The third-order valence-electron chi connectivity index (χ3n) is 5.90. The summed E-state index contributed by atoms with van der Waals surface area (Å²) in [6.45, 7) is 0.758. The third kappa shape index (κ3) is 6.88. The highest BCUT2D eigenvalue weighted by Crippen LogP contribution is 2.26. The Morgan fingerprint density at radius 1 is 0.909 bits per heavy atom. The maximum Gasteiger partial charge on any atom is 0.225 e. The molecule has 1 fully saturated rings. The molecular weight excluding hydrogens is 467 g/mol. The number of anilines is 2. The maximum absolute atomic E-state index is 13.3. The normalized spacial score (nSPS) is 17.7. The minimum absolute atomic E-state index is 0. The molecule has 1 aliphatic carbocycles. The Hall–Kier alpha value is -2.22. The molecule has 0 aliphatic heterocycles. The van der Waals surface area contributed by atoms with Crippen LogP contribution < -0.4 is 15.5 Å². The van der Waals surface area contributed by atoms with Crippen LogP contribution in [0.3, 0.4) is 0 Å². The standard InChI is InChI=1S/C24H29F2N5.2ClH/c1-31(2)23-19-5-3-4-6-22(19)29-24(30-23)28-18-10-8-17(9-11-18)27-14-13-16-7-12-20(25)21(26)15-16;;/h3-7,12,15,17-18,27H,8-11,13-14H2,1-2H3,(H,28,29,30);2*1H/t17-,18+;;. The number of hydrogen-bond acceptors (Lipinski definition) is 5. The van der Waals surface area contributed by atoms with E-state index >= 15 is 0 Å². The van der Waals surface area contributed by atoms with Gasteiger partial charge in [-0.3, -0.25) is 0 Å². The van der Waals surface area contributed by atoms with Gasteiger partial charge in [-0.2, -0.15) is 4.98 Å². The van der Waals surface area contributed by atoms with E-state index in [-0.39, 0.29) is 24.8 Å². The van der Waals surface area contributed by atoms with Gasteiger partial charge in [0, 0.05) is 31.6 Å². The Labute approximate surface area is 206 Å².